The highest BCUT2D eigenvalue weighted by Crippen LogP contribution is 2.31. The highest BCUT2D eigenvalue weighted by atomic mass is 16.3. The molecule has 1 aromatic carbocycles. The number of hydrogen-bond donors (Lipinski definition) is 4. The number of aromatic nitrogens is 2. The van der Waals surface area contributed by atoms with Gasteiger partial charge in [-0.25, -0.2) is 0 Å². The summed E-state index contributed by atoms with van der Waals surface area (Å²) < 4.78 is 1.03. The van der Waals surface area contributed by atoms with E-state index < -0.39 is 23.1 Å². The molecule has 148 valence electrons. The number of hydrogen-bond acceptors (Lipinski definition) is 6. The van der Waals surface area contributed by atoms with E-state index in [0.717, 1.165) is 4.68 Å². The first kappa shape index (κ1) is 20.6. The molecule has 1 amide bonds. The number of amides is 1. The minimum atomic E-state index is -0.597. The zero-order valence-electron chi connectivity index (χ0n) is 16.2. The van der Waals surface area contributed by atoms with Crippen LogP contribution >= 0.6 is 0 Å². The fourth-order valence-corrected chi connectivity index (χ4v) is 2.53. The molecule has 9 nitrogen and oxygen atoms in total. The minimum Gasteiger partial charge on any atom is -0.505 e. The predicted molar refractivity (Wildman–Crippen MR) is 108 cm³/mol. The number of phenols is 1. The molecule has 2 aromatic rings. The van der Waals surface area contributed by atoms with Crippen LogP contribution in [0.2, 0.25) is 0 Å². The van der Waals surface area contributed by atoms with Crippen molar-refractivity contribution < 1.29 is 9.90 Å². The Labute approximate surface area is 162 Å². The van der Waals surface area contributed by atoms with Gasteiger partial charge in [0.2, 0.25) is 0 Å². The summed E-state index contributed by atoms with van der Waals surface area (Å²) in [6.45, 7) is 1.84. The number of rotatable bonds is 6. The Balaban J connectivity index is 2.59. The quantitative estimate of drug-likeness (QED) is 0.436. The van der Waals surface area contributed by atoms with Crippen LogP contribution in [0.15, 0.2) is 27.8 Å². The molecule has 4 N–H and O–H groups in total. The van der Waals surface area contributed by atoms with E-state index in [1.165, 1.54) is 24.1 Å². The van der Waals surface area contributed by atoms with E-state index in [1.807, 2.05) is 6.92 Å². The van der Waals surface area contributed by atoms with Crippen molar-refractivity contribution in [2.75, 3.05) is 24.7 Å². The molecule has 2 rings (SSSR count). The van der Waals surface area contributed by atoms with Crippen LogP contribution in [0.25, 0.3) is 0 Å². The second kappa shape index (κ2) is 8.35. The molecule has 1 atom stereocenters. The standard InChI is InChI=1S/C19H23N5O4/c1-6-11(7-2)20-15-14(17(26)22-24(5)19(15)28)21-13-10-8-9-12(16(13)25)18(27)23(3)4/h1,8-11,20-21,25H,7H2,2-5H3,(H,22,26). The Hall–Kier alpha value is -3.67. The van der Waals surface area contributed by atoms with Crippen LogP contribution in [-0.4, -0.2) is 45.8 Å². The SMILES string of the molecule is C#CC(CC)Nc1c(Nc2cccc(C(=O)N(C)C)c2O)c(=O)[nH]n(C)c1=O. The van der Waals surface area contributed by atoms with Crippen molar-refractivity contribution in [1.82, 2.24) is 14.7 Å². The Bertz CT molecular complexity index is 1050. The summed E-state index contributed by atoms with van der Waals surface area (Å²) in [5, 5.41) is 18.5. The fourth-order valence-electron chi connectivity index (χ4n) is 2.53. The molecular formula is C19H23N5O4. The van der Waals surface area contributed by atoms with Crippen LogP contribution in [0.4, 0.5) is 17.1 Å². The number of carbonyl (C=O) groups excluding carboxylic acids is 1. The lowest BCUT2D eigenvalue weighted by molar-refractivity contribution is 0.0824. The lowest BCUT2D eigenvalue weighted by Gasteiger charge is -2.18. The number of terminal acetylenes is 1. The number of aryl methyl sites for hydroxylation is 1. The summed E-state index contributed by atoms with van der Waals surface area (Å²) >= 11 is 0. The van der Waals surface area contributed by atoms with Crippen molar-refractivity contribution >= 4 is 23.0 Å². The molecule has 28 heavy (non-hydrogen) atoms. The van der Waals surface area contributed by atoms with E-state index in [-0.39, 0.29) is 28.4 Å². The topological polar surface area (TPSA) is 119 Å². The van der Waals surface area contributed by atoms with Gasteiger partial charge >= 0.3 is 0 Å². The number of aromatic hydroxyl groups is 1. The monoisotopic (exact) mass is 385 g/mol. The molecule has 1 aromatic heterocycles. The second-order valence-corrected chi connectivity index (χ2v) is 6.35. The highest BCUT2D eigenvalue weighted by molar-refractivity contribution is 5.98. The van der Waals surface area contributed by atoms with Crippen LogP contribution in [0, 0.1) is 12.3 Å². The van der Waals surface area contributed by atoms with Crippen molar-refractivity contribution in [2.24, 2.45) is 7.05 Å². The van der Waals surface area contributed by atoms with Crippen molar-refractivity contribution in [3.63, 3.8) is 0 Å². The molecule has 1 heterocycles. The molecule has 0 bridgehead atoms. The van der Waals surface area contributed by atoms with E-state index in [9.17, 15) is 19.5 Å². The van der Waals surface area contributed by atoms with Crippen LogP contribution in [0.5, 0.6) is 5.75 Å². The van der Waals surface area contributed by atoms with Gasteiger partial charge in [0, 0.05) is 21.1 Å². The van der Waals surface area contributed by atoms with Crippen LogP contribution in [-0.2, 0) is 7.05 Å². The first-order valence-electron chi connectivity index (χ1n) is 8.57. The van der Waals surface area contributed by atoms with Crippen molar-refractivity contribution in [2.45, 2.75) is 19.4 Å². The number of nitrogens with zero attached hydrogens (tertiary/aromatic N) is 2. The van der Waals surface area contributed by atoms with Gasteiger partial charge in [0.05, 0.1) is 17.3 Å². The molecular weight excluding hydrogens is 362 g/mol. The van der Waals surface area contributed by atoms with Gasteiger partial charge in [-0.05, 0) is 18.6 Å². The Morgan fingerprint density at radius 3 is 2.61 bits per heavy atom. The normalized spacial score (nSPS) is 11.4. The van der Waals surface area contributed by atoms with Gasteiger partial charge in [-0.15, -0.1) is 6.42 Å². The average Bonchev–Trinajstić information content (AvgIpc) is 2.66. The molecule has 0 aliphatic heterocycles. The maximum absolute atomic E-state index is 12.5. The number of carbonyl (C=O) groups is 1. The number of para-hydroxylation sites is 1. The third-order valence-electron chi connectivity index (χ3n) is 4.13. The summed E-state index contributed by atoms with van der Waals surface area (Å²) in [5.41, 5.74) is -1.08. The highest BCUT2D eigenvalue weighted by Gasteiger charge is 2.20. The molecule has 9 heteroatoms. The van der Waals surface area contributed by atoms with Gasteiger partial charge in [0.15, 0.2) is 5.75 Å². The molecule has 0 fully saturated rings. The van der Waals surface area contributed by atoms with Crippen LogP contribution in [0.3, 0.4) is 0 Å². The molecule has 0 aliphatic rings. The molecule has 0 spiro atoms. The maximum atomic E-state index is 12.5. The van der Waals surface area contributed by atoms with E-state index in [0.29, 0.717) is 6.42 Å². The number of nitrogens with one attached hydrogen (secondary N) is 3. The molecule has 0 aliphatic carbocycles. The third kappa shape index (κ3) is 4.01. The smallest absolute Gasteiger partial charge is 0.290 e. The zero-order chi connectivity index (χ0) is 21.0. The third-order valence-corrected chi connectivity index (χ3v) is 4.13. The summed E-state index contributed by atoms with van der Waals surface area (Å²) in [6, 6.07) is 4.03. The second-order valence-electron chi connectivity index (χ2n) is 6.35. The summed E-state index contributed by atoms with van der Waals surface area (Å²) in [5.74, 6) is 1.76. The lowest BCUT2D eigenvalue weighted by Crippen LogP contribution is -2.34. The van der Waals surface area contributed by atoms with E-state index >= 15 is 0 Å². The molecule has 1 unspecified atom stereocenters. The molecule has 0 saturated heterocycles. The van der Waals surface area contributed by atoms with Crippen molar-refractivity contribution in [3.05, 3.63) is 44.5 Å². The Kier molecular flexibility index (Phi) is 6.15. The largest absolute Gasteiger partial charge is 0.505 e. The summed E-state index contributed by atoms with van der Waals surface area (Å²) in [6.07, 6.45) is 5.99. The molecule has 0 radical (unpaired) electrons. The van der Waals surface area contributed by atoms with Gasteiger partial charge in [-0.1, -0.05) is 18.9 Å². The van der Waals surface area contributed by atoms with E-state index in [4.69, 9.17) is 6.42 Å². The number of anilines is 3. The molecule has 0 saturated carbocycles. The summed E-state index contributed by atoms with van der Waals surface area (Å²) in [4.78, 5) is 38.6. The van der Waals surface area contributed by atoms with E-state index in [2.05, 4.69) is 21.7 Å². The maximum Gasteiger partial charge on any atom is 0.290 e. The van der Waals surface area contributed by atoms with Crippen molar-refractivity contribution in [1.29, 1.82) is 0 Å². The Morgan fingerprint density at radius 2 is 2.04 bits per heavy atom. The minimum absolute atomic E-state index is 0.0280. The number of phenolic OH excluding ortho intramolecular Hbond substituents is 1. The van der Waals surface area contributed by atoms with Gasteiger partial charge < -0.3 is 20.6 Å². The van der Waals surface area contributed by atoms with Crippen LogP contribution in [0.1, 0.15) is 23.7 Å². The fraction of sp³-hybridized carbons (Fsp3) is 0.316. The number of H-pyrrole nitrogens is 1. The predicted octanol–water partition coefficient (Wildman–Crippen LogP) is 1.05. The van der Waals surface area contributed by atoms with Gasteiger partial charge in [-0.2, -0.15) is 0 Å². The Morgan fingerprint density at radius 1 is 1.36 bits per heavy atom. The first-order chi connectivity index (χ1) is 13.2. The lowest BCUT2D eigenvalue weighted by atomic mass is 10.1. The van der Waals surface area contributed by atoms with Gasteiger partial charge in [-0.3, -0.25) is 24.2 Å². The van der Waals surface area contributed by atoms with Crippen LogP contribution < -0.4 is 21.8 Å². The average molecular weight is 385 g/mol. The van der Waals surface area contributed by atoms with Crippen molar-refractivity contribution in [3.8, 4) is 18.1 Å². The zero-order valence-corrected chi connectivity index (χ0v) is 16.2. The van der Waals surface area contributed by atoms with Gasteiger partial charge in [0.25, 0.3) is 17.0 Å². The van der Waals surface area contributed by atoms with Gasteiger partial charge in [0.1, 0.15) is 11.4 Å². The summed E-state index contributed by atoms with van der Waals surface area (Å²) in [7, 11) is 4.52. The number of benzene rings is 1. The number of aromatic amines is 1. The van der Waals surface area contributed by atoms with E-state index in [1.54, 1.807) is 20.2 Å². The first-order valence-corrected chi connectivity index (χ1v) is 8.57.